The lowest BCUT2D eigenvalue weighted by atomic mass is 10.0. The Morgan fingerprint density at radius 3 is 2.94 bits per heavy atom. The number of amides is 1. The summed E-state index contributed by atoms with van der Waals surface area (Å²) in [6.07, 6.45) is 4.88. The molecule has 0 aliphatic rings. The van der Waals surface area contributed by atoms with E-state index < -0.39 is 6.04 Å². The molecule has 0 bridgehead atoms. The smallest absolute Gasteiger partial charge is 0.236 e. The fraction of sp³-hybridized carbons (Fsp3) is 0.636. The number of carbonyl (C=O) groups is 1. The summed E-state index contributed by atoms with van der Waals surface area (Å²) in [5.74, 6) is 1.23. The maximum Gasteiger partial charge on any atom is 0.236 e. The number of nitrogens with zero attached hydrogens (tertiary/aromatic N) is 1. The van der Waals surface area contributed by atoms with Crippen molar-refractivity contribution >= 4 is 5.91 Å². The Balaban J connectivity index is 2.19. The summed E-state index contributed by atoms with van der Waals surface area (Å²) in [4.78, 5) is 18.6. The van der Waals surface area contributed by atoms with Crippen LogP contribution in [0.15, 0.2) is 12.4 Å². The van der Waals surface area contributed by atoms with Crippen molar-refractivity contribution < 1.29 is 4.79 Å². The van der Waals surface area contributed by atoms with Gasteiger partial charge in [0, 0.05) is 25.4 Å². The summed E-state index contributed by atoms with van der Waals surface area (Å²) in [6.45, 7) is 4.67. The first-order chi connectivity index (χ1) is 7.59. The average molecular weight is 224 g/mol. The number of aromatic amines is 1. The molecule has 0 fully saturated rings. The quantitative estimate of drug-likeness (QED) is 0.655. The summed E-state index contributed by atoms with van der Waals surface area (Å²) < 4.78 is 0. The number of imidazole rings is 1. The van der Waals surface area contributed by atoms with E-state index in [9.17, 15) is 4.79 Å². The number of aromatic nitrogens is 2. The van der Waals surface area contributed by atoms with E-state index in [4.69, 9.17) is 5.73 Å². The number of nitrogens with one attached hydrogen (secondary N) is 2. The predicted molar refractivity (Wildman–Crippen MR) is 62.7 cm³/mol. The van der Waals surface area contributed by atoms with E-state index in [2.05, 4.69) is 29.1 Å². The molecular weight excluding hydrogens is 204 g/mol. The molecule has 1 amide bonds. The first-order valence-corrected chi connectivity index (χ1v) is 5.61. The van der Waals surface area contributed by atoms with Gasteiger partial charge < -0.3 is 16.0 Å². The second kappa shape index (κ2) is 6.27. The normalized spacial score (nSPS) is 12.8. The van der Waals surface area contributed by atoms with E-state index in [0.29, 0.717) is 25.3 Å². The summed E-state index contributed by atoms with van der Waals surface area (Å²) in [5, 5.41) is 2.80. The third-order valence-corrected chi connectivity index (χ3v) is 2.28. The molecule has 4 N–H and O–H groups in total. The Labute approximate surface area is 95.8 Å². The number of rotatable bonds is 6. The average Bonchev–Trinajstić information content (AvgIpc) is 2.69. The highest BCUT2D eigenvalue weighted by atomic mass is 16.2. The monoisotopic (exact) mass is 224 g/mol. The van der Waals surface area contributed by atoms with E-state index in [1.165, 1.54) is 0 Å². The standard InChI is InChI=1S/C11H20N4O/c1-8(2)7-9(12)11(16)15-4-3-10-13-5-6-14-10/h5-6,8-9H,3-4,7,12H2,1-2H3,(H,13,14)(H,15,16). The molecule has 16 heavy (non-hydrogen) atoms. The van der Waals surface area contributed by atoms with Crippen LogP contribution in [0, 0.1) is 5.92 Å². The van der Waals surface area contributed by atoms with Gasteiger partial charge in [0.05, 0.1) is 6.04 Å². The van der Waals surface area contributed by atoms with Gasteiger partial charge in [-0.1, -0.05) is 13.8 Å². The number of hydrogen-bond donors (Lipinski definition) is 3. The molecule has 0 saturated heterocycles. The largest absolute Gasteiger partial charge is 0.354 e. The fourth-order valence-corrected chi connectivity index (χ4v) is 1.48. The van der Waals surface area contributed by atoms with E-state index in [1.54, 1.807) is 12.4 Å². The first kappa shape index (κ1) is 12.7. The van der Waals surface area contributed by atoms with Gasteiger partial charge in [0.2, 0.25) is 5.91 Å². The Morgan fingerprint density at radius 1 is 1.62 bits per heavy atom. The van der Waals surface area contributed by atoms with Crippen LogP contribution in [0.4, 0.5) is 0 Å². The van der Waals surface area contributed by atoms with E-state index in [1.807, 2.05) is 0 Å². The molecule has 1 rings (SSSR count). The topological polar surface area (TPSA) is 83.8 Å². The number of hydrogen-bond acceptors (Lipinski definition) is 3. The molecule has 0 aromatic carbocycles. The summed E-state index contributed by atoms with van der Waals surface area (Å²) in [7, 11) is 0. The molecule has 1 heterocycles. The Bertz CT molecular complexity index is 308. The zero-order chi connectivity index (χ0) is 12.0. The molecule has 0 aliphatic heterocycles. The van der Waals surface area contributed by atoms with Crippen LogP contribution in [-0.2, 0) is 11.2 Å². The van der Waals surface area contributed by atoms with Crippen molar-refractivity contribution in [3.05, 3.63) is 18.2 Å². The second-order valence-electron chi connectivity index (χ2n) is 4.31. The highest BCUT2D eigenvalue weighted by molar-refractivity contribution is 5.81. The van der Waals surface area contributed by atoms with E-state index in [-0.39, 0.29) is 5.91 Å². The van der Waals surface area contributed by atoms with Crippen LogP contribution in [0.5, 0.6) is 0 Å². The highest BCUT2D eigenvalue weighted by Gasteiger charge is 2.14. The molecule has 5 nitrogen and oxygen atoms in total. The van der Waals surface area contributed by atoms with Gasteiger partial charge in [-0.3, -0.25) is 4.79 Å². The molecule has 1 aromatic heterocycles. The SMILES string of the molecule is CC(C)CC(N)C(=O)NCCc1ncc[nH]1. The van der Waals surface area contributed by atoms with Crippen molar-refractivity contribution in [2.75, 3.05) is 6.54 Å². The van der Waals surface area contributed by atoms with Crippen LogP contribution >= 0.6 is 0 Å². The van der Waals surface area contributed by atoms with Gasteiger partial charge in [-0.2, -0.15) is 0 Å². The van der Waals surface area contributed by atoms with Crippen molar-refractivity contribution in [3.63, 3.8) is 0 Å². The van der Waals surface area contributed by atoms with Crippen LogP contribution in [-0.4, -0.2) is 28.5 Å². The lowest BCUT2D eigenvalue weighted by molar-refractivity contribution is -0.122. The molecule has 1 atom stereocenters. The highest BCUT2D eigenvalue weighted by Crippen LogP contribution is 2.02. The number of carbonyl (C=O) groups excluding carboxylic acids is 1. The summed E-state index contributed by atoms with van der Waals surface area (Å²) in [6, 6.07) is -0.406. The van der Waals surface area contributed by atoms with Crippen LogP contribution in [0.3, 0.4) is 0 Å². The van der Waals surface area contributed by atoms with Crippen molar-refractivity contribution in [3.8, 4) is 0 Å². The molecular formula is C11H20N4O. The van der Waals surface area contributed by atoms with Gasteiger partial charge in [0.1, 0.15) is 5.82 Å². The number of nitrogens with two attached hydrogens (primary N) is 1. The van der Waals surface area contributed by atoms with Gasteiger partial charge >= 0.3 is 0 Å². The Kier molecular flexibility index (Phi) is 4.98. The fourth-order valence-electron chi connectivity index (χ4n) is 1.48. The molecule has 0 aliphatic carbocycles. The minimum Gasteiger partial charge on any atom is -0.354 e. The van der Waals surface area contributed by atoms with Gasteiger partial charge in [-0.05, 0) is 12.3 Å². The van der Waals surface area contributed by atoms with Crippen molar-refractivity contribution in [1.82, 2.24) is 15.3 Å². The minimum atomic E-state index is -0.406. The van der Waals surface area contributed by atoms with Crippen LogP contribution < -0.4 is 11.1 Å². The minimum absolute atomic E-state index is 0.0831. The predicted octanol–water partition coefficient (Wildman–Crippen LogP) is 0.442. The maximum atomic E-state index is 11.5. The summed E-state index contributed by atoms with van der Waals surface area (Å²) in [5.41, 5.74) is 5.74. The molecule has 90 valence electrons. The maximum absolute atomic E-state index is 11.5. The van der Waals surface area contributed by atoms with Crippen molar-refractivity contribution in [2.45, 2.75) is 32.7 Å². The van der Waals surface area contributed by atoms with Crippen molar-refractivity contribution in [1.29, 1.82) is 0 Å². The van der Waals surface area contributed by atoms with Gasteiger partial charge in [-0.25, -0.2) is 4.98 Å². The van der Waals surface area contributed by atoms with Gasteiger partial charge in [0.15, 0.2) is 0 Å². The third kappa shape index (κ3) is 4.44. The lowest BCUT2D eigenvalue weighted by Crippen LogP contribution is -2.42. The van der Waals surface area contributed by atoms with Crippen LogP contribution in [0.2, 0.25) is 0 Å². The molecule has 0 saturated carbocycles. The molecule has 1 unspecified atom stereocenters. The lowest BCUT2D eigenvalue weighted by Gasteiger charge is -2.13. The Morgan fingerprint density at radius 2 is 2.38 bits per heavy atom. The van der Waals surface area contributed by atoms with Crippen molar-refractivity contribution in [2.24, 2.45) is 11.7 Å². The molecule has 0 radical (unpaired) electrons. The summed E-state index contributed by atoms with van der Waals surface area (Å²) >= 11 is 0. The van der Waals surface area contributed by atoms with Gasteiger partial charge in [0.25, 0.3) is 0 Å². The number of H-pyrrole nitrogens is 1. The third-order valence-electron chi connectivity index (χ3n) is 2.28. The Hall–Kier alpha value is -1.36. The van der Waals surface area contributed by atoms with Gasteiger partial charge in [-0.15, -0.1) is 0 Å². The van der Waals surface area contributed by atoms with Crippen LogP contribution in [0.25, 0.3) is 0 Å². The molecule has 0 spiro atoms. The second-order valence-corrected chi connectivity index (χ2v) is 4.31. The zero-order valence-corrected chi connectivity index (χ0v) is 9.86. The van der Waals surface area contributed by atoms with E-state index >= 15 is 0 Å². The zero-order valence-electron chi connectivity index (χ0n) is 9.86. The van der Waals surface area contributed by atoms with E-state index in [0.717, 1.165) is 5.82 Å². The molecule has 5 heteroatoms. The molecule has 1 aromatic rings. The van der Waals surface area contributed by atoms with Crippen LogP contribution in [0.1, 0.15) is 26.1 Å². The first-order valence-electron chi connectivity index (χ1n) is 5.61.